The van der Waals surface area contributed by atoms with Crippen molar-refractivity contribution in [3.05, 3.63) is 0 Å². The second-order valence-electron chi connectivity index (χ2n) is 6.08. The molecule has 0 amide bonds. The van der Waals surface area contributed by atoms with E-state index in [0.29, 0.717) is 6.42 Å². The Morgan fingerprint density at radius 1 is 0.783 bits per heavy atom. The molecular formula is C18H36O5. The minimum absolute atomic E-state index is 0.0823. The van der Waals surface area contributed by atoms with Gasteiger partial charge in [-0.3, -0.25) is 9.59 Å². The topological polar surface area (TPSA) is 94.8 Å². The summed E-state index contributed by atoms with van der Waals surface area (Å²) >= 11 is 0. The Kier molecular flexibility index (Phi) is 19.9. The van der Waals surface area contributed by atoms with Gasteiger partial charge in [-0.05, 0) is 12.8 Å². The zero-order chi connectivity index (χ0) is 17.9. The van der Waals surface area contributed by atoms with Gasteiger partial charge in [-0.15, -0.1) is 0 Å². The van der Waals surface area contributed by atoms with Crippen molar-refractivity contribution in [1.82, 2.24) is 0 Å². The number of aliphatic hydroxyl groups is 1. The second-order valence-corrected chi connectivity index (χ2v) is 6.08. The smallest absolute Gasteiger partial charge is 0.303 e. The van der Waals surface area contributed by atoms with E-state index in [1.54, 1.807) is 0 Å². The number of unbranched alkanes of at least 4 members (excludes halogenated alkanes) is 9. The number of carbonyl (C=O) groups is 2. The Balaban J connectivity index is 0. The van der Waals surface area contributed by atoms with Crippen LogP contribution in [-0.4, -0.2) is 33.4 Å². The number of hydrogen-bond donors (Lipinski definition) is 3. The minimum atomic E-state index is -0.833. The van der Waals surface area contributed by atoms with E-state index in [4.69, 9.17) is 15.0 Å². The number of hydrogen-bond acceptors (Lipinski definition) is 3. The van der Waals surface area contributed by atoms with Crippen molar-refractivity contribution in [3.63, 3.8) is 0 Å². The lowest BCUT2D eigenvalue weighted by Gasteiger charge is -2.08. The molecule has 0 aromatic heterocycles. The zero-order valence-corrected chi connectivity index (χ0v) is 14.9. The molecule has 0 bridgehead atoms. The molecule has 1 unspecified atom stereocenters. The van der Waals surface area contributed by atoms with E-state index in [9.17, 15) is 9.90 Å². The summed E-state index contributed by atoms with van der Waals surface area (Å²) < 4.78 is 0. The fourth-order valence-corrected chi connectivity index (χ4v) is 2.30. The van der Waals surface area contributed by atoms with Gasteiger partial charge in [0, 0.05) is 13.3 Å². The zero-order valence-electron chi connectivity index (χ0n) is 14.9. The van der Waals surface area contributed by atoms with Crippen LogP contribution >= 0.6 is 0 Å². The van der Waals surface area contributed by atoms with E-state index < -0.39 is 18.0 Å². The van der Waals surface area contributed by atoms with Gasteiger partial charge in [-0.1, -0.05) is 71.1 Å². The molecule has 0 saturated heterocycles. The van der Waals surface area contributed by atoms with Crippen molar-refractivity contribution >= 4 is 11.9 Å². The highest BCUT2D eigenvalue weighted by Crippen LogP contribution is 2.13. The summed E-state index contributed by atoms with van der Waals surface area (Å²) in [5.74, 6) is -1.65. The van der Waals surface area contributed by atoms with Crippen LogP contribution in [0.4, 0.5) is 0 Å². The first-order chi connectivity index (χ1) is 10.9. The van der Waals surface area contributed by atoms with E-state index in [1.165, 1.54) is 57.8 Å². The van der Waals surface area contributed by atoms with Crippen LogP contribution < -0.4 is 0 Å². The maximum atomic E-state index is 10.3. The van der Waals surface area contributed by atoms with Crippen molar-refractivity contribution in [2.45, 2.75) is 103 Å². The van der Waals surface area contributed by atoms with Gasteiger partial charge in [0.2, 0.25) is 0 Å². The molecule has 0 heterocycles. The molecule has 0 aromatic carbocycles. The van der Waals surface area contributed by atoms with Crippen molar-refractivity contribution in [1.29, 1.82) is 0 Å². The molecule has 23 heavy (non-hydrogen) atoms. The van der Waals surface area contributed by atoms with Crippen LogP contribution in [0.2, 0.25) is 0 Å². The highest BCUT2D eigenvalue weighted by molar-refractivity contribution is 5.66. The van der Waals surface area contributed by atoms with Crippen LogP contribution in [0.1, 0.15) is 97.3 Å². The molecule has 0 aliphatic heterocycles. The summed E-state index contributed by atoms with van der Waals surface area (Å²) in [7, 11) is 0. The molecule has 0 radical (unpaired) electrons. The lowest BCUT2D eigenvalue weighted by Crippen LogP contribution is -2.09. The second kappa shape index (κ2) is 18.9. The molecule has 0 aliphatic rings. The molecule has 3 N–H and O–H groups in total. The fourth-order valence-electron chi connectivity index (χ4n) is 2.30. The van der Waals surface area contributed by atoms with E-state index in [1.807, 2.05) is 0 Å². The maximum Gasteiger partial charge on any atom is 0.303 e. The normalized spacial score (nSPS) is 11.4. The summed E-state index contributed by atoms with van der Waals surface area (Å²) in [6.45, 7) is 3.32. The maximum absolute atomic E-state index is 10.3. The third-order valence-corrected chi connectivity index (χ3v) is 3.58. The average molecular weight is 332 g/mol. The largest absolute Gasteiger partial charge is 0.481 e. The minimum Gasteiger partial charge on any atom is -0.481 e. The van der Waals surface area contributed by atoms with Gasteiger partial charge >= 0.3 is 5.97 Å². The number of carboxylic acid groups (broad SMARTS) is 2. The van der Waals surface area contributed by atoms with Gasteiger partial charge < -0.3 is 15.3 Å². The first-order valence-corrected chi connectivity index (χ1v) is 8.99. The summed E-state index contributed by atoms with van der Waals surface area (Å²) in [4.78, 5) is 19.3. The summed E-state index contributed by atoms with van der Waals surface area (Å²) in [6.07, 6.45) is 13.7. The molecule has 1 atom stereocenters. The predicted molar refractivity (Wildman–Crippen MR) is 92.6 cm³/mol. The number of aliphatic hydroxyl groups excluding tert-OH is 1. The van der Waals surface area contributed by atoms with Gasteiger partial charge in [0.1, 0.15) is 0 Å². The lowest BCUT2D eigenvalue weighted by molar-refractivity contribution is -0.137. The van der Waals surface area contributed by atoms with Crippen LogP contribution in [0.5, 0.6) is 0 Å². The van der Waals surface area contributed by atoms with E-state index in [0.717, 1.165) is 19.8 Å². The van der Waals surface area contributed by atoms with Gasteiger partial charge in [0.05, 0.1) is 6.10 Å². The Hall–Kier alpha value is -1.10. The Bertz CT molecular complexity index is 275. The van der Waals surface area contributed by atoms with Crippen molar-refractivity contribution < 1.29 is 24.9 Å². The van der Waals surface area contributed by atoms with Gasteiger partial charge in [0.25, 0.3) is 5.97 Å². The molecule has 0 rings (SSSR count). The third kappa shape index (κ3) is 29.5. The molecule has 0 fully saturated rings. The van der Waals surface area contributed by atoms with E-state index in [-0.39, 0.29) is 6.42 Å². The Morgan fingerprint density at radius 3 is 1.57 bits per heavy atom. The standard InChI is InChI=1S/C16H32O3.C2H4O2/c1-2-3-4-5-6-7-8-9-10-11-12-15(17)13-14-16(18)19;1-2(3)4/h15,17H,2-14H2,1H3,(H,18,19);1H3,(H,3,4). The molecule has 138 valence electrons. The van der Waals surface area contributed by atoms with Crippen LogP contribution in [0.15, 0.2) is 0 Å². The monoisotopic (exact) mass is 332 g/mol. The highest BCUT2D eigenvalue weighted by atomic mass is 16.4. The third-order valence-electron chi connectivity index (χ3n) is 3.58. The van der Waals surface area contributed by atoms with Crippen molar-refractivity contribution in [2.24, 2.45) is 0 Å². The highest BCUT2D eigenvalue weighted by Gasteiger charge is 2.06. The average Bonchev–Trinajstić information content (AvgIpc) is 2.46. The quantitative estimate of drug-likeness (QED) is 0.404. The summed E-state index contributed by atoms with van der Waals surface area (Å²) in [5.41, 5.74) is 0. The SMILES string of the molecule is CC(=O)O.CCCCCCCCCCCCC(O)CCC(=O)O. The van der Waals surface area contributed by atoms with E-state index in [2.05, 4.69) is 6.92 Å². The number of aliphatic carboxylic acids is 2. The molecule has 0 spiro atoms. The van der Waals surface area contributed by atoms with Crippen molar-refractivity contribution in [2.75, 3.05) is 0 Å². The fraction of sp³-hybridized carbons (Fsp3) is 0.889. The summed E-state index contributed by atoms with van der Waals surface area (Å²) in [5, 5.41) is 25.5. The van der Waals surface area contributed by atoms with Crippen molar-refractivity contribution in [3.8, 4) is 0 Å². The molecule has 0 aliphatic carbocycles. The number of carboxylic acids is 2. The molecule has 5 heteroatoms. The lowest BCUT2D eigenvalue weighted by atomic mass is 10.0. The van der Waals surface area contributed by atoms with Gasteiger partial charge in [-0.2, -0.15) is 0 Å². The first-order valence-electron chi connectivity index (χ1n) is 8.99. The first kappa shape index (κ1) is 24.2. The molecular weight excluding hydrogens is 296 g/mol. The number of rotatable bonds is 14. The van der Waals surface area contributed by atoms with Gasteiger partial charge in [0.15, 0.2) is 0 Å². The Morgan fingerprint density at radius 2 is 1.17 bits per heavy atom. The van der Waals surface area contributed by atoms with Gasteiger partial charge in [-0.25, -0.2) is 0 Å². The van der Waals surface area contributed by atoms with Crippen LogP contribution in [0, 0.1) is 0 Å². The molecule has 0 saturated carbocycles. The molecule has 5 nitrogen and oxygen atoms in total. The summed E-state index contributed by atoms with van der Waals surface area (Å²) in [6, 6.07) is 0. The Labute approximate surface area is 141 Å². The van der Waals surface area contributed by atoms with Crippen LogP contribution in [0.3, 0.4) is 0 Å². The molecule has 0 aromatic rings. The van der Waals surface area contributed by atoms with Crippen LogP contribution in [-0.2, 0) is 9.59 Å². The van der Waals surface area contributed by atoms with E-state index >= 15 is 0 Å². The van der Waals surface area contributed by atoms with Crippen LogP contribution in [0.25, 0.3) is 0 Å². The predicted octanol–water partition coefficient (Wildman–Crippen LogP) is 4.61.